The van der Waals surface area contributed by atoms with E-state index in [1.807, 2.05) is 4.45 Å². The van der Waals surface area contributed by atoms with Crippen LogP contribution < -0.4 is 16.0 Å². The molecule has 1 aromatic rings. The van der Waals surface area contributed by atoms with Gasteiger partial charge in [0.15, 0.2) is 0 Å². The lowest BCUT2D eigenvalue weighted by Crippen LogP contribution is -2.59. The van der Waals surface area contributed by atoms with Crippen molar-refractivity contribution in [2.45, 2.75) is 0 Å². The minimum Gasteiger partial charge on any atom is -0.390 e. The lowest BCUT2D eigenvalue weighted by atomic mass is 10.4. The molecule has 12 nitrogen and oxygen atoms in total. The molecule has 3 aliphatic heterocycles. The fraction of sp³-hybridized carbons (Fsp3) is 0.857. The van der Waals surface area contributed by atoms with E-state index in [4.69, 9.17) is 0 Å². The molecule has 3 N–H and O–H groups in total. The van der Waals surface area contributed by atoms with Crippen LogP contribution in [0.3, 0.4) is 0 Å². The van der Waals surface area contributed by atoms with Crippen molar-refractivity contribution in [3.63, 3.8) is 0 Å². The third-order valence-corrected chi connectivity index (χ3v) is 9.54. The number of hydrogen-bond donors (Lipinski definition) is 3. The molecule has 0 amide bonds. The van der Waals surface area contributed by atoms with E-state index in [-0.39, 0.29) is 5.95 Å². The van der Waals surface area contributed by atoms with Gasteiger partial charge in [-0.1, -0.05) is 0 Å². The summed E-state index contributed by atoms with van der Waals surface area (Å²) in [6.07, 6.45) is 1.58. The molecule has 3 aliphatic rings. The van der Waals surface area contributed by atoms with Crippen molar-refractivity contribution in [3.05, 3.63) is 16.4 Å². The van der Waals surface area contributed by atoms with Crippen LogP contribution in [0.4, 0.5) is 5.95 Å². The van der Waals surface area contributed by atoms with Crippen LogP contribution in [0.5, 0.6) is 0 Å². The average molecular weight is 399 g/mol. The summed E-state index contributed by atoms with van der Waals surface area (Å²) in [6, 6.07) is 0. The maximum atomic E-state index is 11.3. The van der Waals surface area contributed by atoms with Crippen molar-refractivity contribution >= 4 is 13.8 Å². The highest BCUT2D eigenvalue weighted by Crippen LogP contribution is 2.67. The lowest BCUT2D eigenvalue weighted by Gasteiger charge is -2.47. The molecule has 0 atom stereocenters. The highest BCUT2D eigenvalue weighted by atomic mass is 31.2. The number of hydrogen-bond acceptors (Lipinski definition) is 10. The summed E-state index contributed by atoms with van der Waals surface area (Å²) >= 11 is 0. The molecule has 150 valence electrons. The molecule has 3 saturated heterocycles. The van der Waals surface area contributed by atoms with Gasteiger partial charge < -0.3 is 26.1 Å². The Balaban J connectivity index is 1.81. The summed E-state index contributed by atoms with van der Waals surface area (Å²) in [5, 5.41) is 25.9. The highest BCUT2D eigenvalue weighted by molar-refractivity contribution is 7.67. The van der Waals surface area contributed by atoms with Crippen LogP contribution in [0.2, 0.25) is 0 Å². The zero-order valence-corrected chi connectivity index (χ0v) is 16.4. The van der Waals surface area contributed by atoms with Crippen LogP contribution in [-0.4, -0.2) is 112 Å². The fourth-order valence-electron chi connectivity index (χ4n) is 4.15. The minimum absolute atomic E-state index is 0.320. The van der Waals surface area contributed by atoms with E-state index in [0.717, 1.165) is 78.5 Å². The normalized spacial score (nSPS) is 24.1. The van der Waals surface area contributed by atoms with Gasteiger partial charge in [0.2, 0.25) is 0 Å². The summed E-state index contributed by atoms with van der Waals surface area (Å²) in [7, 11) is -2.28. The molecule has 27 heavy (non-hydrogen) atoms. The van der Waals surface area contributed by atoms with Crippen molar-refractivity contribution in [1.29, 1.82) is 0 Å². The maximum Gasteiger partial charge on any atom is 0.494 e. The topological polar surface area (TPSA) is 120 Å². The molecule has 4 rings (SSSR count). The number of rotatable bonds is 5. The van der Waals surface area contributed by atoms with Gasteiger partial charge in [-0.2, -0.15) is 0 Å². The van der Waals surface area contributed by atoms with E-state index < -0.39 is 12.8 Å². The fourth-order valence-corrected chi connectivity index (χ4v) is 8.60. The highest BCUT2D eigenvalue weighted by Gasteiger charge is 2.62. The second-order valence-electron chi connectivity index (χ2n) is 6.87. The van der Waals surface area contributed by atoms with Crippen molar-refractivity contribution in [1.82, 2.24) is 44.5 Å². The van der Waals surface area contributed by atoms with E-state index >= 15 is 0 Å². The maximum absolute atomic E-state index is 11.3. The standard InChI is InChI=1S/C14H28N10O2P/c25-24(26)14-18-13-23(19-14)27(20-7-1-15-2-8-20,21-9-3-16-4-10-21)22-11-5-17-6-12-22/h13,15-17H,1-12H2/q+1. The van der Waals surface area contributed by atoms with Crippen LogP contribution in [0, 0.1) is 10.1 Å². The second kappa shape index (κ2) is 8.39. The van der Waals surface area contributed by atoms with Gasteiger partial charge in [-0.3, -0.25) is 0 Å². The second-order valence-corrected chi connectivity index (χ2v) is 10.0. The summed E-state index contributed by atoms with van der Waals surface area (Å²) in [4.78, 5) is 14.8. The molecule has 0 spiro atoms. The number of piperazine rings is 3. The van der Waals surface area contributed by atoms with Gasteiger partial charge in [-0.25, -0.2) is 0 Å². The van der Waals surface area contributed by atoms with Crippen molar-refractivity contribution < 1.29 is 4.92 Å². The number of nitro groups is 1. The predicted molar refractivity (Wildman–Crippen MR) is 102 cm³/mol. The zero-order chi connectivity index (χ0) is 18.7. The van der Waals surface area contributed by atoms with Gasteiger partial charge in [0, 0.05) is 43.7 Å². The Morgan fingerprint density at radius 2 is 1.26 bits per heavy atom. The molecule has 13 heteroatoms. The Kier molecular flexibility index (Phi) is 5.93. The predicted octanol–water partition coefficient (Wildman–Crippen LogP) is -1.57. The third kappa shape index (κ3) is 3.58. The molecule has 0 unspecified atom stereocenters. The molecule has 0 saturated carbocycles. The molecular formula is C14H28N10O2P+. The van der Waals surface area contributed by atoms with Gasteiger partial charge in [0.25, 0.3) is 6.33 Å². The quantitative estimate of drug-likeness (QED) is 0.304. The van der Waals surface area contributed by atoms with E-state index in [1.54, 1.807) is 6.33 Å². The zero-order valence-electron chi connectivity index (χ0n) is 15.5. The Labute approximate surface area is 159 Å². The van der Waals surface area contributed by atoms with Crippen LogP contribution in [0.1, 0.15) is 0 Å². The summed E-state index contributed by atoms with van der Waals surface area (Å²) in [6.45, 7) is 10.9. The SMILES string of the molecule is O=[N+]([O-])c1ncn([P+](N2CCNCC2)(N2CCNCC2)N2CCNCC2)n1. The van der Waals surface area contributed by atoms with Crippen LogP contribution >= 0.6 is 7.87 Å². The average Bonchev–Trinajstić information content (AvgIpc) is 3.22. The Morgan fingerprint density at radius 1 is 0.852 bits per heavy atom. The Morgan fingerprint density at radius 3 is 1.59 bits per heavy atom. The van der Waals surface area contributed by atoms with Gasteiger partial charge in [-0.15, -0.1) is 14.0 Å². The molecule has 0 aromatic carbocycles. The third-order valence-electron chi connectivity index (χ3n) is 5.33. The van der Waals surface area contributed by atoms with Crippen molar-refractivity contribution in [2.75, 3.05) is 78.5 Å². The first-order valence-electron chi connectivity index (χ1n) is 9.57. The van der Waals surface area contributed by atoms with E-state index in [2.05, 4.69) is 40.0 Å². The largest absolute Gasteiger partial charge is 0.494 e. The molecule has 4 heterocycles. The van der Waals surface area contributed by atoms with Gasteiger partial charge >= 0.3 is 13.8 Å². The molecule has 1 aromatic heterocycles. The molecular weight excluding hydrogens is 371 g/mol. The smallest absolute Gasteiger partial charge is 0.390 e. The summed E-state index contributed by atoms with van der Waals surface area (Å²) in [5.41, 5.74) is 0. The van der Waals surface area contributed by atoms with Crippen LogP contribution in [-0.2, 0) is 0 Å². The first-order valence-corrected chi connectivity index (χ1v) is 11.2. The first-order chi connectivity index (χ1) is 13.2. The monoisotopic (exact) mass is 399 g/mol. The van der Waals surface area contributed by atoms with Gasteiger partial charge in [0.05, 0.1) is 44.4 Å². The van der Waals surface area contributed by atoms with Crippen LogP contribution in [0.25, 0.3) is 0 Å². The van der Waals surface area contributed by atoms with E-state index in [0.29, 0.717) is 0 Å². The Bertz CT molecular complexity index is 594. The van der Waals surface area contributed by atoms with Gasteiger partial charge in [-0.05, 0) is 9.91 Å². The van der Waals surface area contributed by atoms with Crippen LogP contribution in [0.15, 0.2) is 6.33 Å². The van der Waals surface area contributed by atoms with E-state index in [9.17, 15) is 10.1 Å². The number of nitrogens with zero attached hydrogens (tertiary/aromatic N) is 7. The number of nitrogens with one attached hydrogen (secondary N) is 3. The molecule has 3 fully saturated rings. The molecule has 0 aliphatic carbocycles. The molecule has 0 radical (unpaired) electrons. The van der Waals surface area contributed by atoms with E-state index in [1.165, 1.54) is 0 Å². The lowest BCUT2D eigenvalue weighted by molar-refractivity contribution is -0.394. The summed E-state index contributed by atoms with van der Waals surface area (Å²) in [5.74, 6) is -0.320. The number of aromatic nitrogens is 3. The summed E-state index contributed by atoms with van der Waals surface area (Å²) < 4.78 is 9.38. The Hall–Kier alpha value is -1.27. The van der Waals surface area contributed by atoms with Crippen molar-refractivity contribution in [3.8, 4) is 0 Å². The first kappa shape index (κ1) is 19.1. The van der Waals surface area contributed by atoms with Gasteiger partial charge in [0.1, 0.15) is 0 Å². The molecule has 0 bridgehead atoms. The van der Waals surface area contributed by atoms with Crippen molar-refractivity contribution in [2.24, 2.45) is 0 Å². The minimum atomic E-state index is -2.28.